The molecule has 3 unspecified atom stereocenters. The highest BCUT2D eigenvalue weighted by Crippen LogP contribution is 2.39. The highest BCUT2D eigenvalue weighted by molar-refractivity contribution is 7.99. The number of hydrogen-bond acceptors (Lipinski definition) is 4. The number of aliphatic hydroxyl groups excluding tert-OH is 1. The number of thioether (sulfide) groups is 1. The van der Waals surface area contributed by atoms with E-state index >= 15 is 0 Å². The molecule has 27 heavy (non-hydrogen) atoms. The molecule has 1 aromatic rings. The van der Waals surface area contributed by atoms with Gasteiger partial charge in [0, 0.05) is 5.03 Å². The lowest BCUT2D eigenvalue weighted by atomic mass is 9.85. The van der Waals surface area contributed by atoms with Crippen molar-refractivity contribution in [3.8, 4) is 5.75 Å². The Balaban J connectivity index is 1.81. The second kappa shape index (κ2) is 9.51. The summed E-state index contributed by atoms with van der Waals surface area (Å²) in [7, 11) is 0. The molecule has 1 aliphatic carbocycles. The predicted octanol–water partition coefficient (Wildman–Crippen LogP) is 5.70. The predicted molar refractivity (Wildman–Crippen MR) is 113 cm³/mol. The summed E-state index contributed by atoms with van der Waals surface area (Å²) in [5.74, 6) is 1.97. The second-order valence-corrected chi connectivity index (χ2v) is 8.68. The molecule has 0 radical (unpaired) electrons. The minimum Gasteiger partial charge on any atom is -0.481 e. The van der Waals surface area contributed by atoms with E-state index in [0.29, 0.717) is 11.9 Å². The molecule has 1 aliphatic heterocycles. The molecular formula is C22H29ClO3S. The van der Waals surface area contributed by atoms with Crippen LogP contribution in [0.25, 0.3) is 0 Å². The van der Waals surface area contributed by atoms with Crippen molar-refractivity contribution in [1.82, 2.24) is 0 Å². The Hall–Kier alpha value is -0.940. The van der Waals surface area contributed by atoms with Crippen molar-refractivity contribution in [2.24, 2.45) is 5.92 Å². The Morgan fingerprint density at radius 2 is 2.15 bits per heavy atom. The Bertz CT molecular complexity index is 724. The fourth-order valence-electron chi connectivity index (χ4n) is 3.69. The van der Waals surface area contributed by atoms with Crippen molar-refractivity contribution in [2.45, 2.75) is 63.6 Å². The smallest absolute Gasteiger partial charge is 0.138 e. The van der Waals surface area contributed by atoms with Gasteiger partial charge in [0.1, 0.15) is 11.7 Å². The van der Waals surface area contributed by atoms with Gasteiger partial charge < -0.3 is 14.6 Å². The lowest BCUT2D eigenvalue weighted by Gasteiger charge is -2.30. The van der Waals surface area contributed by atoms with Gasteiger partial charge in [-0.25, -0.2) is 0 Å². The SMILES string of the molecule is CCC(CO)OC(CC)C1=CC(Cc2ccc3c(c2)SCO3)=C(Cl)C(C)C1. The number of halogens is 1. The molecule has 3 nitrogen and oxygen atoms in total. The summed E-state index contributed by atoms with van der Waals surface area (Å²) in [5, 5.41) is 10.5. The Morgan fingerprint density at radius 1 is 1.33 bits per heavy atom. The fourth-order valence-corrected chi connectivity index (χ4v) is 4.70. The van der Waals surface area contributed by atoms with E-state index in [-0.39, 0.29) is 18.8 Å². The van der Waals surface area contributed by atoms with Gasteiger partial charge in [-0.15, -0.1) is 0 Å². The van der Waals surface area contributed by atoms with Gasteiger partial charge in [0.2, 0.25) is 0 Å². The molecule has 1 aromatic carbocycles. The lowest BCUT2D eigenvalue weighted by molar-refractivity contribution is -0.0278. The van der Waals surface area contributed by atoms with Crippen LogP contribution in [0, 0.1) is 5.92 Å². The molecule has 0 saturated carbocycles. The van der Waals surface area contributed by atoms with E-state index in [9.17, 15) is 5.11 Å². The minimum atomic E-state index is -0.107. The molecule has 0 spiro atoms. The molecule has 148 valence electrons. The molecule has 0 aromatic heterocycles. The highest BCUT2D eigenvalue weighted by atomic mass is 35.5. The van der Waals surface area contributed by atoms with E-state index in [1.807, 2.05) is 6.92 Å². The fraction of sp³-hybridized carbons (Fsp3) is 0.545. The zero-order chi connectivity index (χ0) is 19.4. The third-order valence-electron chi connectivity index (χ3n) is 5.27. The molecule has 2 aliphatic rings. The zero-order valence-corrected chi connectivity index (χ0v) is 17.9. The summed E-state index contributed by atoms with van der Waals surface area (Å²) < 4.78 is 11.8. The average Bonchev–Trinajstić information content (AvgIpc) is 3.14. The van der Waals surface area contributed by atoms with Crippen molar-refractivity contribution >= 4 is 23.4 Å². The quantitative estimate of drug-likeness (QED) is 0.599. The van der Waals surface area contributed by atoms with E-state index in [2.05, 4.69) is 38.1 Å². The number of ether oxygens (including phenoxy) is 2. The monoisotopic (exact) mass is 408 g/mol. The molecule has 0 saturated heterocycles. The van der Waals surface area contributed by atoms with E-state index in [0.717, 1.165) is 36.5 Å². The maximum Gasteiger partial charge on any atom is 0.138 e. The molecule has 0 amide bonds. The van der Waals surface area contributed by atoms with E-state index in [1.165, 1.54) is 21.6 Å². The maximum atomic E-state index is 9.50. The van der Waals surface area contributed by atoms with Crippen molar-refractivity contribution in [1.29, 1.82) is 0 Å². The molecule has 3 rings (SSSR count). The summed E-state index contributed by atoms with van der Waals surface area (Å²) in [6.07, 6.45) is 5.60. The standard InChI is InChI=1S/C22H29ClO3S/c1-4-18(12-24)26-19(5-2)16-8-14(3)22(23)17(11-16)9-15-6-7-20-21(10-15)27-13-25-20/h6-7,10-11,14,18-19,24H,4-5,8-9,12-13H2,1-3H3. The maximum absolute atomic E-state index is 9.50. The number of allylic oxidation sites excluding steroid dienone is 3. The Morgan fingerprint density at radius 3 is 2.85 bits per heavy atom. The van der Waals surface area contributed by atoms with Crippen LogP contribution in [0.2, 0.25) is 0 Å². The second-order valence-electron chi connectivity index (χ2n) is 7.31. The van der Waals surface area contributed by atoms with Crippen LogP contribution in [0.5, 0.6) is 5.75 Å². The van der Waals surface area contributed by atoms with Gasteiger partial charge >= 0.3 is 0 Å². The van der Waals surface area contributed by atoms with Crippen LogP contribution in [0.1, 0.15) is 45.6 Å². The van der Waals surface area contributed by atoms with Crippen molar-refractivity contribution < 1.29 is 14.6 Å². The van der Waals surface area contributed by atoms with Crippen LogP contribution in [0.4, 0.5) is 0 Å². The Labute approximate surface area is 171 Å². The van der Waals surface area contributed by atoms with Gasteiger partial charge in [0.05, 0.1) is 23.7 Å². The summed E-state index contributed by atoms with van der Waals surface area (Å²) in [4.78, 5) is 1.21. The summed E-state index contributed by atoms with van der Waals surface area (Å²) in [5.41, 5.74) is 3.71. The molecule has 0 fully saturated rings. The molecule has 0 bridgehead atoms. The van der Waals surface area contributed by atoms with Gasteiger partial charge in [0.15, 0.2) is 0 Å². The van der Waals surface area contributed by atoms with Crippen molar-refractivity contribution in [2.75, 3.05) is 12.5 Å². The first-order chi connectivity index (χ1) is 13.0. The number of rotatable bonds is 8. The van der Waals surface area contributed by atoms with Crippen molar-refractivity contribution in [3.63, 3.8) is 0 Å². The van der Waals surface area contributed by atoms with Crippen LogP contribution < -0.4 is 4.74 Å². The van der Waals surface area contributed by atoms with Gasteiger partial charge in [-0.2, -0.15) is 0 Å². The topological polar surface area (TPSA) is 38.7 Å². The van der Waals surface area contributed by atoms with Crippen LogP contribution in [0.3, 0.4) is 0 Å². The van der Waals surface area contributed by atoms with Gasteiger partial charge in [-0.3, -0.25) is 0 Å². The molecular weight excluding hydrogens is 380 g/mol. The molecule has 1 N–H and O–H groups in total. The van der Waals surface area contributed by atoms with Gasteiger partial charge in [-0.05, 0) is 60.4 Å². The summed E-state index contributed by atoms with van der Waals surface area (Å²) in [6, 6.07) is 6.39. The van der Waals surface area contributed by atoms with Gasteiger partial charge in [-0.1, -0.05) is 56.3 Å². The summed E-state index contributed by atoms with van der Waals surface area (Å²) in [6.45, 7) is 6.42. The summed E-state index contributed by atoms with van der Waals surface area (Å²) >= 11 is 8.43. The first-order valence-corrected chi connectivity index (χ1v) is 11.2. The number of fused-ring (bicyclic) bond motifs is 1. The van der Waals surface area contributed by atoms with E-state index in [1.54, 1.807) is 11.8 Å². The third kappa shape index (κ3) is 4.92. The van der Waals surface area contributed by atoms with Crippen LogP contribution >= 0.6 is 23.4 Å². The van der Waals surface area contributed by atoms with Crippen molar-refractivity contribution in [3.05, 3.63) is 46.0 Å². The average molecular weight is 409 g/mol. The van der Waals surface area contributed by atoms with E-state index in [4.69, 9.17) is 21.1 Å². The molecule has 5 heteroatoms. The molecule has 1 heterocycles. The number of hydrogen-bond donors (Lipinski definition) is 1. The number of benzene rings is 1. The van der Waals surface area contributed by atoms with Crippen LogP contribution in [-0.2, 0) is 11.2 Å². The molecule has 3 atom stereocenters. The van der Waals surface area contributed by atoms with Crippen LogP contribution in [-0.4, -0.2) is 29.9 Å². The Kier molecular flexibility index (Phi) is 7.32. The third-order valence-corrected chi connectivity index (χ3v) is 6.75. The van der Waals surface area contributed by atoms with Gasteiger partial charge in [0.25, 0.3) is 0 Å². The highest BCUT2D eigenvalue weighted by Gasteiger charge is 2.26. The largest absolute Gasteiger partial charge is 0.481 e. The lowest BCUT2D eigenvalue weighted by Crippen LogP contribution is -2.27. The number of aliphatic hydroxyl groups is 1. The zero-order valence-electron chi connectivity index (χ0n) is 16.3. The van der Waals surface area contributed by atoms with Crippen LogP contribution in [0.15, 0.2) is 45.3 Å². The van der Waals surface area contributed by atoms with E-state index < -0.39 is 0 Å². The first kappa shape index (κ1) is 20.8. The first-order valence-electron chi connectivity index (χ1n) is 9.79. The normalized spacial score (nSPS) is 21.5. The minimum absolute atomic E-state index is 0.0355.